The van der Waals surface area contributed by atoms with E-state index in [4.69, 9.17) is 0 Å². The Labute approximate surface area is 277 Å². The minimum atomic E-state index is 0.966. The molecule has 47 heavy (non-hydrogen) atoms. The van der Waals surface area contributed by atoms with E-state index in [9.17, 15) is 0 Å². The van der Waals surface area contributed by atoms with Crippen LogP contribution in [0.1, 0.15) is 55.3 Å². The fraction of sp³-hybridized carbons (Fsp3) is 0.174. The Hall–Kier alpha value is -5.14. The zero-order valence-corrected chi connectivity index (χ0v) is 26.9. The van der Waals surface area contributed by atoms with Gasteiger partial charge in [-0.1, -0.05) is 121 Å². The maximum absolute atomic E-state index is 2.51. The van der Waals surface area contributed by atoms with Gasteiger partial charge in [-0.05, 0) is 124 Å². The van der Waals surface area contributed by atoms with E-state index >= 15 is 0 Å². The van der Waals surface area contributed by atoms with Gasteiger partial charge in [0.2, 0.25) is 0 Å². The molecule has 1 heteroatoms. The average Bonchev–Trinajstić information content (AvgIpc) is 3.48. The van der Waals surface area contributed by atoms with Crippen LogP contribution in [0.25, 0.3) is 66.1 Å². The molecule has 1 saturated carbocycles. The van der Waals surface area contributed by atoms with Crippen LogP contribution in [0.15, 0.2) is 139 Å². The summed E-state index contributed by atoms with van der Waals surface area (Å²) >= 11 is 0. The Kier molecular flexibility index (Phi) is 7.12. The van der Waals surface area contributed by atoms with Gasteiger partial charge in [0.1, 0.15) is 0 Å². The Morgan fingerprint density at radius 2 is 1.38 bits per heavy atom. The molecule has 0 radical (unpaired) electrons. The van der Waals surface area contributed by atoms with Crippen molar-refractivity contribution in [2.45, 2.75) is 51.4 Å². The van der Waals surface area contributed by atoms with Gasteiger partial charge in [0.15, 0.2) is 0 Å². The van der Waals surface area contributed by atoms with Crippen molar-refractivity contribution in [3.05, 3.63) is 156 Å². The SMILES string of the molecule is C1=Cc2c(n(-c3ccc4ccccc4c3)c3ccc4cc(-c5ccc6ccc(C/C=C\C=C7CCCCC7)cc6c5)ccc4c23)CC1. The number of hydrogen-bond acceptors (Lipinski definition) is 0. The fourth-order valence-electron chi connectivity index (χ4n) is 8.02. The fourth-order valence-corrected chi connectivity index (χ4v) is 8.02. The second-order valence-corrected chi connectivity index (χ2v) is 13.5. The lowest BCUT2D eigenvalue weighted by molar-refractivity contribution is 0.599. The highest BCUT2D eigenvalue weighted by Gasteiger charge is 2.20. The number of nitrogens with zero attached hydrogens (tertiary/aromatic N) is 1. The third-order valence-electron chi connectivity index (χ3n) is 10.5. The van der Waals surface area contributed by atoms with E-state index in [0.29, 0.717) is 0 Å². The van der Waals surface area contributed by atoms with Crippen molar-refractivity contribution in [3.8, 4) is 16.8 Å². The first kappa shape index (κ1) is 28.1. The molecular formula is C46H39N. The van der Waals surface area contributed by atoms with Crippen LogP contribution in [0.5, 0.6) is 0 Å². The molecule has 6 aromatic carbocycles. The van der Waals surface area contributed by atoms with E-state index < -0.39 is 0 Å². The van der Waals surface area contributed by atoms with Crippen LogP contribution in [0, 0.1) is 0 Å². The summed E-state index contributed by atoms with van der Waals surface area (Å²) in [5.74, 6) is 0. The monoisotopic (exact) mass is 605 g/mol. The van der Waals surface area contributed by atoms with Crippen molar-refractivity contribution in [2.24, 2.45) is 0 Å². The van der Waals surface area contributed by atoms with Crippen molar-refractivity contribution in [1.82, 2.24) is 4.57 Å². The molecule has 0 atom stereocenters. The summed E-state index contributed by atoms with van der Waals surface area (Å²) in [5, 5.41) is 9.14. The Bertz CT molecular complexity index is 2400. The highest BCUT2D eigenvalue weighted by atomic mass is 15.0. The van der Waals surface area contributed by atoms with Crippen LogP contribution < -0.4 is 0 Å². The van der Waals surface area contributed by atoms with E-state index in [2.05, 4.69) is 144 Å². The first-order chi connectivity index (χ1) is 23.3. The predicted molar refractivity (Wildman–Crippen MR) is 203 cm³/mol. The van der Waals surface area contributed by atoms with Crippen molar-refractivity contribution in [2.75, 3.05) is 0 Å². The molecule has 2 aliphatic rings. The lowest BCUT2D eigenvalue weighted by atomic mass is 9.94. The standard InChI is InChI=1S/C46H39N/c1-2-10-32(11-3-1)12-4-5-13-33-18-19-35-20-21-37(30-40(35)28-33)38-23-26-42-39(29-38)24-27-45-46(42)43-16-8-9-17-44(43)47(45)41-25-22-34-14-6-7-15-36(34)31-41/h4-8,12,14-16,18-31H,1-3,9-11,13,17H2/b5-4-. The van der Waals surface area contributed by atoms with Gasteiger partial charge in [-0.3, -0.25) is 0 Å². The molecule has 1 nitrogen and oxygen atoms in total. The van der Waals surface area contributed by atoms with Gasteiger partial charge >= 0.3 is 0 Å². The third kappa shape index (κ3) is 5.21. The molecule has 0 aliphatic heterocycles. The summed E-state index contributed by atoms with van der Waals surface area (Å²) in [5.41, 5.74) is 10.8. The molecule has 2 aliphatic carbocycles. The van der Waals surface area contributed by atoms with Gasteiger partial charge in [0, 0.05) is 22.3 Å². The Morgan fingerprint density at radius 1 is 0.617 bits per heavy atom. The zero-order valence-electron chi connectivity index (χ0n) is 26.9. The predicted octanol–water partition coefficient (Wildman–Crippen LogP) is 12.7. The smallest absolute Gasteiger partial charge is 0.0544 e. The van der Waals surface area contributed by atoms with Crippen LogP contribution in [0.3, 0.4) is 0 Å². The molecule has 0 bridgehead atoms. The van der Waals surface area contributed by atoms with Crippen molar-refractivity contribution < 1.29 is 0 Å². The maximum atomic E-state index is 2.51. The first-order valence-electron chi connectivity index (χ1n) is 17.4. The summed E-state index contributed by atoms with van der Waals surface area (Å²) < 4.78 is 2.51. The van der Waals surface area contributed by atoms with Gasteiger partial charge in [0.05, 0.1) is 5.52 Å². The lowest BCUT2D eigenvalue weighted by Gasteiger charge is -2.14. The van der Waals surface area contributed by atoms with Crippen LogP contribution in [-0.4, -0.2) is 4.57 Å². The maximum Gasteiger partial charge on any atom is 0.0544 e. The number of benzene rings is 6. The Balaban J connectivity index is 1.08. The second-order valence-electron chi connectivity index (χ2n) is 13.5. The largest absolute Gasteiger partial charge is 0.313 e. The molecule has 228 valence electrons. The van der Waals surface area contributed by atoms with Crippen molar-refractivity contribution in [1.29, 1.82) is 0 Å². The van der Waals surface area contributed by atoms with E-state index in [1.807, 2.05) is 0 Å². The summed E-state index contributed by atoms with van der Waals surface area (Å²) in [6, 6.07) is 41.1. The van der Waals surface area contributed by atoms with Crippen molar-refractivity contribution >= 4 is 49.3 Å². The number of rotatable bonds is 5. The summed E-state index contributed by atoms with van der Waals surface area (Å²) in [4.78, 5) is 0. The molecule has 1 heterocycles. The highest BCUT2D eigenvalue weighted by molar-refractivity contribution is 6.13. The average molecular weight is 606 g/mol. The van der Waals surface area contributed by atoms with Crippen LogP contribution in [0.2, 0.25) is 0 Å². The van der Waals surface area contributed by atoms with Gasteiger partial charge < -0.3 is 4.57 Å². The Morgan fingerprint density at radius 3 is 2.30 bits per heavy atom. The summed E-state index contributed by atoms with van der Waals surface area (Å²) in [6.45, 7) is 0. The van der Waals surface area contributed by atoms with Gasteiger partial charge in [0.25, 0.3) is 0 Å². The number of allylic oxidation sites excluding steroid dienone is 5. The number of aromatic nitrogens is 1. The van der Waals surface area contributed by atoms with E-state index in [1.54, 1.807) is 5.57 Å². The zero-order chi connectivity index (χ0) is 31.2. The highest BCUT2D eigenvalue weighted by Crippen LogP contribution is 2.40. The van der Waals surface area contributed by atoms with Gasteiger partial charge in [-0.25, -0.2) is 0 Å². The molecule has 7 aromatic rings. The van der Waals surface area contributed by atoms with Crippen LogP contribution in [0.4, 0.5) is 0 Å². The topological polar surface area (TPSA) is 4.93 Å². The van der Waals surface area contributed by atoms with E-state index in [-0.39, 0.29) is 0 Å². The van der Waals surface area contributed by atoms with Gasteiger partial charge in [-0.2, -0.15) is 0 Å². The van der Waals surface area contributed by atoms with Crippen molar-refractivity contribution in [3.63, 3.8) is 0 Å². The van der Waals surface area contributed by atoms with E-state index in [1.165, 1.54) is 109 Å². The minimum absolute atomic E-state index is 0.966. The second kappa shape index (κ2) is 11.9. The molecule has 0 spiro atoms. The lowest BCUT2D eigenvalue weighted by Crippen LogP contribution is -2.02. The molecule has 0 unspecified atom stereocenters. The molecule has 0 saturated heterocycles. The molecule has 0 N–H and O–H groups in total. The van der Waals surface area contributed by atoms with E-state index in [0.717, 1.165) is 19.3 Å². The normalized spacial score (nSPS) is 14.9. The minimum Gasteiger partial charge on any atom is -0.313 e. The number of hydrogen-bond donors (Lipinski definition) is 0. The molecule has 1 fully saturated rings. The molecular weight excluding hydrogens is 567 g/mol. The summed E-state index contributed by atoms with van der Waals surface area (Å²) in [7, 11) is 0. The third-order valence-corrected chi connectivity index (χ3v) is 10.5. The number of fused-ring (bicyclic) bond motifs is 7. The first-order valence-corrected chi connectivity index (χ1v) is 17.4. The van der Waals surface area contributed by atoms with Gasteiger partial charge in [-0.15, -0.1) is 0 Å². The van der Waals surface area contributed by atoms with Crippen LogP contribution >= 0.6 is 0 Å². The summed E-state index contributed by atoms with van der Waals surface area (Å²) in [6.07, 6.45) is 21.4. The van der Waals surface area contributed by atoms with Crippen LogP contribution in [-0.2, 0) is 12.8 Å². The molecule has 0 amide bonds. The molecule has 9 rings (SSSR count). The molecule has 1 aromatic heterocycles. The quantitative estimate of drug-likeness (QED) is 0.184.